The second kappa shape index (κ2) is 5.27. The van der Waals surface area contributed by atoms with Crippen molar-refractivity contribution in [2.45, 2.75) is 5.41 Å². The number of carbonyl (C=O) groups excluding carboxylic acids is 1. The topological polar surface area (TPSA) is 95.6 Å². The zero-order chi connectivity index (χ0) is 17.6. The molecule has 3 aromatic rings. The Balaban J connectivity index is 2.07. The van der Waals surface area contributed by atoms with Gasteiger partial charge in [0.1, 0.15) is 16.9 Å². The molecular formula is C20H16N2O3. The molecule has 0 fully saturated rings. The standard InChI is InChI=1S/C20H16N2O3/c21-14-5-10-18-17(11-14)20(19(25)22-18,12-1-6-15(23)7-2-12)13-3-8-16(24)9-4-13/h1-11,23-24H,21H2,(H,22,25). The lowest BCUT2D eigenvalue weighted by Crippen LogP contribution is -2.37. The smallest absolute Gasteiger partial charge is 0.244 e. The summed E-state index contributed by atoms with van der Waals surface area (Å²) < 4.78 is 0. The van der Waals surface area contributed by atoms with Crippen LogP contribution in [0.5, 0.6) is 11.5 Å². The highest BCUT2D eigenvalue weighted by Crippen LogP contribution is 2.48. The molecule has 0 aromatic heterocycles. The summed E-state index contributed by atoms with van der Waals surface area (Å²) in [5.74, 6) is 0.0381. The summed E-state index contributed by atoms with van der Waals surface area (Å²) in [4.78, 5) is 13.2. The summed E-state index contributed by atoms with van der Waals surface area (Å²) >= 11 is 0. The molecule has 1 amide bonds. The van der Waals surface area contributed by atoms with Gasteiger partial charge in [-0.25, -0.2) is 0 Å². The minimum absolute atomic E-state index is 0.121. The fraction of sp³-hybridized carbons (Fsp3) is 0.0500. The molecule has 1 aliphatic rings. The zero-order valence-electron chi connectivity index (χ0n) is 13.2. The quantitative estimate of drug-likeness (QED) is 0.543. The molecule has 1 aliphatic heterocycles. The lowest BCUT2D eigenvalue weighted by atomic mass is 9.70. The van der Waals surface area contributed by atoms with Crippen LogP contribution in [0.3, 0.4) is 0 Å². The number of phenolic OH excluding ortho intramolecular Hbond substituents is 2. The zero-order valence-corrected chi connectivity index (χ0v) is 13.2. The van der Waals surface area contributed by atoms with Gasteiger partial charge in [0.05, 0.1) is 0 Å². The van der Waals surface area contributed by atoms with Gasteiger partial charge in [-0.15, -0.1) is 0 Å². The fourth-order valence-electron chi connectivity index (χ4n) is 3.48. The predicted molar refractivity (Wildman–Crippen MR) is 95.6 cm³/mol. The van der Waals surface area contributed by atoms with Crippen LogP contribution in [0.1, 0.15) is 16.7 Å². The minimum atomic E-state index is -1.11. The van der Waals surface area contributed by atoms with Gasteiger partial charge in [0, 0.05) is 16.9 Å². The Labute approximate surface area is 144 Å². The van der Waals surface area contributed by atoms with E-state index in [2.05, 4.69) is 5.32 Å². The van der Waals surface area contributed by atoms with E-state index in [-0.39, 0.29) is 17.4 Å². The molecule has 0 radical (unpaired) electrons. The maximum Gasteiger partial charge on any atom is 0.244 e. The molecule has 5 heteroatoms. The van der Waals surface area contributed by atoms with Crippen molar-refractivity contribution in [3.8, 4) is 11.5 Å². The first-order chi connectivity index (χ1) is 12.0. The lowest BCUT2D eigenvalue weighted by Gasteiger charge is -2.29. The molecular weight excluding hydrogens is 316 g/mol. The molecule has 4 rings (SSSR count). The highest BCUT2D eigenvalue weighted by atomic mass is 16.3. The Morgan fingerprint density at radius 3 is 1.84 bits per heavy atom. The molecule has 3 aromatic carbocycles. The van der Waals surface area contributed by atoms with Crippen LogP contribution >= 0.6 is 0 Å². The van der Waals surface area contributed by atoms with Crippen LogP contribution in [0.25, 0.3) is 0 Å². The number of carbonyl (C=O) groups is 1. The average Bonchev–Trinajstić information content (AvgIpc) is 2.89. The van der Waals surface area contributed by atoms with Gasteiger partial charge in [-0.1, -0.05) is 24.3 Å². The summed E-state index contributed by atoms with van der Waals surface area (Å²) in [6.07, 6.45) is 0. The number of hydrogen-bond donors (Lipinski definition) is 4. The molecule has 5 N–H and O–H groups in total. The van der Waals surface area contributed by atoms with Crippen LogP contribution in [-0.2, 0) is 10.2 Å². The average molecular weight is 332 g/mol. The molecule has 0 bridgehead atoms. The van der Waals surface area contributed by atoms with Gasteiger partial charge in [0.15, 0.2) is 0 Å². The van der Waals surface area contributed by atoms with Crippen molar-refractivity contribution in [1.82, 2.24) is 0 Å². The molecule has 0 atom stereocenters. The third-order valence-corrected chi connectivity index (χ3v) is 4.64. The fourth-order valence-corrected chi connectivity index (χ4v) is 3.48. The van der Waals surface area contributed by atoms with E-state index in [0.29, 0.717) is 22.5 Å². The van der Waals surface area contributed by atoms with Crippen LogP contribution in [-0.4, -0.2) is 16.1 Å². The van der Waals surface area contributed by atoms with Gasteiger partial charge in [-0.3, -0.25) is 4.79 Å². The van der Waals surface area contributed by atoms with E-state index in [1.165, 1.54) is 0 Å². The van der Waals surface area contributed by atoms with Crippen molar-refractivity contribution in [3.05, 3.63) is 83.4 Å². The Hall–Kier alpha value is -3.47. The number of anilines is 2. The third-order valence-electron chi connectivity index (χ3n) is 4.64. The van der Waals surface area contributed by atoms with E-state index in [0.717, 1.165) is 5.56 Å². The molecule has 0 spiro atoms. The molecule has 0 unspecified atom stereocenters. The monoisotopic (exact) mass is 332 g/mol. The number of benzene rings is 3. The van der Waals surface area contributed by atoms with E-state index >= 15 is 0 Å². The molecule has 5 nitrogen and oxygen atoms in total. The molecule has 0 saturated heterocycles. The first-order valence-corrected chi connectivity index (χ1v) is 7.82. The van der Waals surface area contributed by atoms with Crippen LogP contribution < -0.4 is 11.1 Å². The molecule has 0 saturated carbocycles. The van der Waals surface area contributed by atoms with Crippen molar-refractivity contribution < 1.29 is 15.0 Å². The summed E-state index contributed by atoms with van der Waals surface area (Å²) in [5, 5.41) is 22.2. The van der Waals surface area contributed by atoms with E-state index in [1.807, 2.05) is 0 Å². The van der Waals surface area contributed by atoms with Gasteiger partial charge in [-0.2, -0.15) is 0 Å². The summed E-state index contributed by atoms with van der Waals surface area (Å²) in [6, 6.07) is 18.4. The highest BCUT2D eigenvalue weighted by Gasteiger charge is 2.49. The first kappa shape index (κ1) is 15.1. The van der Waals surface area contributed by atoms with Crippen molar-refractivity contribution in [1.29, 1.82) is 0 Å². The molecule has 25 heavy (non-hydrogen) atoms. The maximum atomic E-state index is 13.2. The van der Waals surface area contributed by atoms with Gasteiger partial charge < -0.3 is 21.3 Å². The summed E-state index contributed by atoms with van der Waals surface area (Å²) in [5.41, 5.74) is 8.28. The molecule has 124 valence electrons. The van der Waals surface area contributed by atoms with Gasteiger partial charge in [0.2, 0.25) is 5.91 Å². The van der Waals surface area contributed by atoms with Crippen molar-refractivity contribution >= 4 is 17.3 Å². The highest BCUT2D eigenvalue weighted by molar-refractivity contribution is 6.11. The number of aromatic hydroxyl groups is 2. The minimum Gasteiger partial charge on any atom is -0.508 e. The Kier molecular flexibility index (Phi) is 3.18. The second-order valence-corrected chi connectivity index (χ2v) is 6.10. The largest absolute Gasteiger partial charge is 0.508 e. The van der Waals surface area contributed by atoms with Crippen LogP contribution in [0, 0.1) is 0 Å². The Morgan fingerprint density at radius 2 is 1.32 bits per heavy atom. The van der Waals surface area contributed by atoms with E-state index in [4.69, 9.17) is 5.73 Å². The first-order valence-electron chi connectivity index (χ1n) is 7.82. The number of nitrogens with one attached hydrogen (secondary N) is 1. The van der Waals surface area contributed by atoms with Crippen LogP contribution in [0.15, 0.2) is 66.7 Å². The van der Waals surface area contributed by atoms with E-state index < -0.39 is 5.41 Å². The van der Waals surface area contributed by atoms with Crippen molar-refractivity contribution in [2.75, 3.05) is 11.1 Å². The second-order valence-electron chi connectivity index (χ2n) is 6.10. The van der Waals surface area contributed by atoms with Crippen LogP contribution in [0.4, 0.5) is 11.4 Å². The molecule has 1 heterocycles. The van der Waals surface area contributed by atoms with Crippen molar-refractivity contribution in [3.63, 3.8) is 0 Å². The summed E-state index contributed by atoms with van der Waals surface area (Å²) in [6.45, 7) is 0. The Morgan fingerprint density at radius 1 is 0.800 bits per heavy atom. The number of fused-ring (bicyclic) bond motifs is 1. The number of hydrogen-bond acceptors (Lipinski definition) is 4. The SMILES string of the molecule is Nc1ccc2c(c1)C(c1ccc(O)cc1)(c1ccc(O)cc1)C(=O)N2. The number of phenols is 2. The molecule has 0 aliphatic carbocycles. The van der Waals surface area contributed by atoms with Crippen LogP contribution in [0.2, 0.25) is 0 Å². The Bertz CT molecular complexity index is 918. The number of nitrogens with two attached hydrogens (primary N) is 1. The number of nitrogen functional groups attached to an aromatic ring is 1. The van der Waals surface area contributed by atoms with Gasteiger partial charge in [-0.05, 0) is 53.6 Å². The third kappa shape index (κ3) is 2.13. The van der Waals surface area contributed by atoms with E-state index in [9.17, 15) is 15.0 Å². The van der Waals surface area contributed by atoms with E-state index in [1.54, 1.807) is 66.7 Å². The normalized spacial score (nSPS) is 14.8. The maximum absolute atomic E-state index is 13.2. The summed E-state index contributed by atoms with van der Waals surface area (Å²) in [7, 11) is 0. The predicted octanol–water partition coefficient (Wildman–Crippen LogP) is 2.97. The van der Waals surface area contributed by atoms with Gasteiger partial charge in [0.25, 0.3) is 0 Å². The number of rotatable bonds is 2. The number of amides is 1. The van der Waals surface area contributed by atoms with Crippen molar-refractivity contribution in [2.24, 2.45) is 0 Å². The van der Waals surface area contributed by atoms with Gasteiger partial charge >= 0.3 is 0 Å². The lowest BCUT2D eigenvalue weighted by molar-refractivity contribution is -0.118.